The molecular formula is C11H18N4. The minimum atomic E-state index is 0.547. The average Bonchev–Trinajstić information content (AvgIpc) is 2.25. The van der Waals surface area contributed by atoms with Gasteiger partial charge >= 0.3 is 0 Å². The summed E-state index contributed by atoms with van der Waals surface area (Å²) in [5, 5.41) is 3.48. The second-order valence-electron chi connectivity index (χ2n) is 4.18. The first-order valence-corrected chi connectivity index (χ1v) is 5.40. The van der Waals surface area contributed by atoms with Crippen molar-refractivity contribution in [3.8, 4) is 0 Å². The summed E-state index contributed by atoms with van der Waals surface area (Å²) in [6, 6.07) is 2.49. The summed E-state index contributed by atoms with van der Waals surface area (Å²) >= 11 is 0. The predicted molar refractivity (Wildman–Crippen MR) is 62.8 cm³/mol. The lowest BCUT2D eigenvalue weighted by Gasteiger charge is -2.30. The molecule has 1 aliphatic heterocycles. The van der Waals surface area contributed by atoms with Crippen molar-refractivity contribution in [3.63, 3.8) is 0 Å². The molecule has 2 rings (SSSR count). The lowest BCUT2D eigenvalue weighted by Crippen LogP contribution is -2.36. The van der Waals surface area contributed by atoms with Crippen LogP contribution in [0.5, 0.6) is 0 Å². The van der Waals surface area contributed by atoms with Gasteiger partial charge in [-0.15, -0.1) is 0 Å². The summed E-state index contributed by atoms with van der Waals surface area (Å²) in [6.07, 6.45) is 5.82. The number of nitrogens with one attached hydrogen (secondary N) is 1. The third-order valence-corrected chi connectivity index (χ3v) is 2.93. The number of likely N-dealkylation sites (tertiary alicyclic amines) is 1. The monoisotopic (exact) mass is 206 g/mol. The quantitative estimate of drug-likeness (QED) is 0.762. The van der Waals surface area contributed by atoms with Crippen molar-refractivity contribution in [2.75, 3.05) is 31.2 Å². The van der Waals surface area contributed by atoms with Crippen LogP contribution in [0.1, 0.15) is 12.8 Å². The van der Waals surface area contributed by atoms with Gasteiger partial charge in [-0.25, -0.2) is 0 Å². The molecule has 0 aliphatic carbocycles. The molecule has 0 bridgehead atoms. The second-order valence-corrected chi connectivity index (χ2v) is 4.18. The Morgan fingerprint density at radius 2 is 2.20 bits per heavy atom. The summed E-state index contributed by atoms with van der Waals surface area (Å²) < 4.78 is 0. The zero-order valence-electron chi connectivity index (χ0n) is 9.11. The molecule has 0 spiro atoms. The molecule has 1 aliphatic rings. The first-order valence-electron chi connectivity index (χ1n) is 5.40. The Hall–Kier alpha value is -1.29. The Bertz CT molecular complexity index is 318. The highest BCUT2D eigenvalue weighted by molar-refractivity contribution is 5.64. The number of nitrogen functional groups attached to an aromatic ring is 1. The largest absolute Gasteiger partial charge is 0.396 e. The van der Waals surface area contributed by atoms with E-state index >= 15 is 0 Å². The maximum absolute atomic E-state index is 5.83. The minimum Gasteiger partial charge on any atom is -0.396 e. The van der Waals surface area contributed by atoms with E-state index in [0.717, 1.165) is 24.5 Å². The molecular weight excluding hydrogens is 188 g/mol. The number of nitrogens with zero attached hydrogens (tertiary/aromatic N) is 2. The van der Waals surface area contributed by atoms with Crippen molar-refractivity contribution in [1.82, 2.24) is 9.88 Å². The Morgan fingerprint density at radius 1 is 1.47 bits per heavy atom. The van der Waals surface area contributed by atoms with Crippen LogP contribution >= 0.6 is 0 Å². The van der Waals surface area contributed by atoms with Crippen molar-refractivity contribution in [2.45, 2.75) is 18.9 Å². The van der Waals surface area contributed by atoms with Gasteiger partial charge in [0.2, 0.25) is 0 Å². The van der Waals surface area contributed by atoms with E-state index in [-0.39, 0.29) is 0 Å². The van der Waals surface area contributed by atoms with E-state index in [1.165, 1.54) is 12.8 Å². The minimum absolute atomic E-state index is 0.547. The number of anilines is 2. The topological polar surface area (TPSA) is 54.2 Å². The summed E-state index contributed by atoms with van der Waals surface area (Å²) in [5.41, 5.74) is 7.58. The Morgan fingerprint density at radius 3 is 2.87 bits per heavy atom. The molecule has 1 saturated heterocycles. The lowest BCUT2D eigenvalue weighted by molar-refractivity contribution is 0.264. The Kier molecular flexibility index (Phi) is 3.06. The molecule has 0 saturated carbocycles. The van der Waals surface area contributed by atoms with Gasteiger partial charge in [-0.05, 0) is 39.0 Å². The van der Waals surface area contributed by atoms with Crippen LogP contribution < -0.4 is 11.1 Å². The van der Waals surface area contributed by atoms with Crippen LogP contribution in [0.3, 0.4) is 0 Å². The van der Waals surface area contributed by atoms with Crippen LogP contribution in [-0.4, -0.2) is 36.1 Å². The molecule has 0 atom stereocenters. The molecule has 1 aromatic heterocycles. The van der Waals surface area contributed by atoms with Gasteiger partial charge in [0.05, 0.1) is 17.6 Å². The molecule has 0 unspecified atom stereocenters. The highest BCUT2D eigenvalue weighted by atomic mass is 15.1. The predicted octanol–water partition coefficient (Wildman–Crippen LogP) is 1.17. The van der Waals surface area contributed by atoms with Gasteiger partial charge in [0.1, 0.15) is 0 Å². The van der Waals surface area contributed by atoms with E-state index in [0.29, 0.717) is 6.04 Å². The van der Waals surface area contributed by atoms with Gasteiger partial charge in [0.25, 0.3) is 0 Å². The maximum Gasteiger partial charge on any atom is 0.0736 e. The van der Waals surface area contributed by atoms with Gasteiger partial charge in [0.15, 0.2) is 0 Å². The molecule has 3 N–H and O–H groups in total. The highest BCUT2D eigenvalue weighted by Crippen LogP contribution is 2.20. The first-order chi connectivity index (χ1) is 7.25. The molecule has 2 heterocycles. The van der Waals surface area contributed by atoms with Gasteiger partial charge in [-0.1, -0.05) is 0 Å². The van der Waals surface area contributed by atoms with Crippen molar-refractivity contribution in [3.05, 3.63) is 18.5 Å². The SMILES string of the molecule is CN1CCC(Nc2ccncc2N)CC1. The van der Waals surface area contributed by atoms with E-state index in [4.69, 9.17) is 5.73 Å². The molecule has 0 amide bonds. The normalized spacial score (nSPS) is 19.0. The van der Waals surface area contributed by atoms with E-state index in [2.05, 4.69) is 22.2 Å². The lowest BCUT2D eigenvalue weighted by atomic mass is 10.1. The molecule has 1 fully saturated rings. The van der Waals surface area contributed by atoms with Crippen LogP contribution in [0.25, 0.3) is 0 Å². The fourth-order valence-corrected chi connectivity index (χ4v) is 1.91. The van der Waals surface area contributed by atoms with Crippen LogP contribution in [-0.2, 0) is 0 Å². The van der Waals surface area contributed by atoms with Crippen molar-refractivity contribution in [2.24, 2.45) is 0 Å². The van der Waals surface area contributed by atoms with Crippen LogP contribution in [0.2, 0.25) is 0 Å². The van der Waals surface area contributed by atoms with Crippen molar-refractivity contribution in [1.29, 1.82) is 0 Å². The highest BCUT2D eigenvalue weighted by Gasteiger charge is 2.16. The van der Waals surface area contributed by atoms with Crippen LogP contribution in [0.4, 0.5) is 11.4 Å². The zero-order chi connectivity index (χ0) is 10.7. The summed E-state index contributed by atoms with van der Waals surface area (Å²) in [4.78, 5) is 6.33. The fraction of sp³-hybridized carbons (Fsp3) is 0.545. The van der Waals surface area contributed by atoms with E-state index in [1.54, 1.807) is 12.4 Å². The zero-order valence-corrected chi connectivity index (χ0v) is 9.11. The molecule has 4 heteroatoms. The van der Waals surface area contributed by atoms with E-state index in [1.807, 2.05) is 6.07 Å². The fourth-order valence-electron chi connectivity index (χ4n) is 1.91. The van der Waals surface area contributed by atoms with E-state index in [9.17, 15) is 0 Å². The Labute approximate surface area is 90.5 Å². The number of rotatable bonds is 2. The van der Waals surface area contributed by atoms with Crippen LogP contribution in [0, 0.1) is 0 Å². The maximum atomic E-state index is 5.83. The van der Waals surface area contributed by atoms with Crippen LogP contribution in [0.15, 0.2) is 18.5 Å². The average molecular weight is 206 g/mol. The third kappa shape index (κ3) is 2.59. The summed E-state index contributed by atoms with van der Waals surface area (Å²) in [5.74, 6) is 0. The molecule has 0 radical (unpaired) electrons. The number of hydrogen-bond donors (Lipinski definition) is 2. The van der Waals surface area contributed by atoms with Crippen molar-refractivity contribution >= 4 is 11.4 Å². The van der Waals surface area contributed by atoms with Gasteiger partial charge in [0, 0.05) is 12.2 Å². The number of aromatic nitrogens is 1. The van der Waals surface area contributed by atoms with E-state index < -0.39 is 0 Å². The number of hydrogen-bond acceptors (Lipinski definition) is 4. The molecule has 1 aromatic rings. The van der Waals surface area contributed by atoms with Gasteiger partial charge < -0.3 is 16.0 Å². The molecule has 4 nitrogen and oxygen atoms in total. The summed E-state index contributed by atoms with van der Waals surface area (Å²) in [6.45, 7) is 2.31. The third-order valence-electron chi connectivity index (χ3n) is 2.93. The second kappa shape index (κ2) is 4.49. The smallest absolute Gasteiger partial charge is 0.0736 e. The standard InChI is InChI=1S/C11H18N4/c1-15-6-3-9(4-7-15)14-11-2-5-13-8-10(11)12/h2,5,8-9H,3-4,6-7,12H2,1H3,(H,13,14). The van der Waals surface area contributed by atoms with Gasteiger partial charge in [-0.2, -0.15) is 0 Å². The van der Waals surface area contributed by atoms with Gasteiger partial charge in [-0.3, -0.25) is 4.98 Å². The number of piperidine rings is 1. The summed E-state index contributed by atoms with van der Waals surface area (Å²) in [7, 11) is 2.16. The molecule has 15 heavy (non-hydrogen) atoms. The molecule has 0 aromatic carbocycles. The molecule has 82 valence electrons. The first kappa shape index (κ1) is 10.2. The number of nitrogens with two attached hydrogens (primary N) is 1. The van der Waals surface area contributed by atoms with Crippen molar-refractivity contribution < 1.29 is 0 Å². The Balaban J connectivity index is 1.95. The number of pyridine rings is 1.